The van der Waals surface area contributed by atoms with Gasteiger partial charge in [-0.3, -0.25) is 9.59 Å². The molecule has 0 bridgehead atoms. The fourth-order valence-electron chi connectivity index (χ4n) is 3.49. The molecule has 0 fully saturated rings. The van der Waals surface area contributed by atoms with Crippen molar-refractivity contribution in [2.75, 3.05) is 18.5 Å². The molecule has 1 aliphatic heterocycles. The van der Waals surface area contributed by atoms with Crippen LogP contribution in [0.4, 0.5) is 10.5 Å². The van der Waals surface area contributed by atoms with Crippen LogP contribution in [0.1, 0.15) is 42.7 Å². The first-order valence-electron chi connectivity index (χ1n) is 10.4. The summed E-state index contributed by atoms with van der Waals surface area (Å²) in [5.74, 6) is -0.677. The molecule has 3 N–H and O–H groups in total. The van der Waals surface area contributed by atoms with E-state index in [2.05, 4.69) is 16.0 Å². The predicted molar refractivity (Wildman–Crippen MR) is 121 cm³/mol. The van der Waals surface area contributed by atoms with E-state index in [4.69, 9.17) is 9.47 Å². The monoisotopic (exact) mass is 451 g/mol. The molecule has 0 spiro atoms. The van der Waals surface area contributed by atoms with Crippen molar-refractivity contribution >= 4 is 29.4 Å². The highest BCUT2D eigenvalue weighted by Crippen LogP contribution is 2.33. The molecule has 3 amide bonds. The van der Waals surface area contributed by atoms with Crippen molar-refractivity contribution in [1.29, 1.82) is 0 Å². The standard InChI is InChI=1S/C24H25N3O6/c1-4-32-23(30)16-9-11-17(12-10-16)26-20(29)13-33-19-8-6-5-7-18(19)22-21(15(3)28)14(2)25-24(31)27-22/h5-12,22H,4,13H2,1-3H3,(H,26,29)(H2,25,27,31)/t22-/m0/s1. The largest absolute Gasteiger partial charge is 0.483 e. The Morgan fingerprint density at radius 1 is 1.06 bits per heavy atom. The predicted octanol–water partition coefficient (Wildman–Crippen LogP) is 3.10. The van der Waals surface area contributed by atoms with Crippen LogP contribution in [-0.4, -0.2) is 36.9 Å². The van der Waals surface area contributed by atoms with Gasteiger partial charge in [-0.25, -0.2) is 9.59 Å². The fourth-order valence-corrected chi connectivity index (χ4v) is 3.49. The van der Waals surface area contributed by atoms with E-state index >= 15 is 0 Å². The second-order valence-electron chi connectivity index (χ2n) is 7.30. The highest BCUT2D eigenvalue weighted by Gasteiger charge is 2.31. The molecule has 33 heavy (non-hydrogen) atoms. The van der Waals surface area contributed by atoms with E-state index in [1.807, 2.05) is 0 Å². The van der Waals surface area contributed by atoms with Gasteiger partial charge in [-0.15, -0.1) is 0 Å². The summed E-state index contributed by atoms with van der Waals surface area (Å²) >= 11 is 0. The number of urea groups is 1. The smallest absolute Gasteiger partial charge is 0.338 e. The third kappa shape index (κ3) is 5.76. The number of anilines is 1. The Kier molecular flexibility index (Phi) is 7.45. The average Bonchev–Trinajstić information content (AvgIpc) is 2.77. The molecule has 9 nitrogen and oxygen atoms in total. The normalized spacial score (nSPS) is 15.2. The van der Waals surface area contributed by atoms with Crippen LogP contribution in [0.25, 0.3) is 0 Å². The molecule has 2 aromatic carbocycles. The number of amides is 3. The Balaban J connectivity index is 1.70. The van der Waals surface area contributed by atoms with Crippen LogP contribution in [0.3, 0.4) is 0 Å². The number of ketones is 1. The maximum atomic E-state index is 12.4. The van der Waals surface area contributed by atoms with Crippen LogP contribution in [0, 0.1) is 0 Å². The second-order valence-corrected chi connectivity index (χ2v) is 7.30. The molecule has 0 aromatic heterocycles. The van der Waals surface area contributed by atoms with Gasteiger partial charge >= 0.3 is 12.0 Å². The van der Waals surface area contributed by atoms with Gasteiger partial charge in [0.25, 0.3) is 5.91 Å². The number of hydrogen-bond acceptors (Lipinski definition) is 6. The van der Waals surface area contributed by atoms with Crippen LogP contribution >= 0.6 is 0 Å². The van der Waals surface area contributed by atoms with Crippen molar-refractivity contribution in [3.05, 3.63) is 70.9 Å². The topological polar surface area (TPSA) is 123 Å². The first kappa shape index (κ1) is 23.5. The SMILES string of the molecule is CCOC(=O)c1ccc(NC(=O)COc2ccccc2[C@@H]2NC(=O)NC(C)=C2C(C)=O)cc1. The zero-order valence-electron chi connectivity index (χ0n) is 18.6. The average molecular weight is 451 g/mol. The quantitative estimate of drug-likeness (QED) is 0.530. The summed E-state index contributed by atoms with van der Waals surface area (Å²) in [4.78, 5) is 48.3. The van der Waals surface area contributed by atoms with E-state index in [0.29, 0.717) is 33.8 Å². The molecule has 0 saturated heterocycles. The highest BCUT2D eigenvalue weighted by molar-refractivity contribution is 5.98. The number of ether oxygens (including phenoxy) is 2. The number of esters is 1. The first-order chi connectivity index (χ1) is 15.8. The lowest BCUT2D eigenvalue weighted by Crippen LogP contribution is -2.44. The van der Waals surface area contributed by atoms with Crippen LogP contribution in [-0.2, 0) is 14.3 Å². The summed E-state index contributed by atoms with van der Waals surface area (Å²) in [6.07, 6.45) is 0. The summed E-state index contributed by atoms with van der Waals surface area (Å²) in [6.45, 7) is 4.79. The Morgan fingerprint density at radius 2 is 1.76 bits per heavy atom. The maximum absolute atomic E-state index is 12.4. The van der Waals surface area contributed by atoms with Crippen molar-refractivity contribution in [1.82, 2.24) is 10.6 Å². The molecule has 1 aliphatic rings. The molecule has 1 atom stereocenters. The van der Waals surface area contributed by atoms with Crippen LogP contribution in [0.2, 0.25) is 0 Å². The van der Waals surface area contributed by atoms with Crippen molar-refractivity contribution < 1.29 is 28.7 Å². The van der Waals surface area contributed by atoms with Gasteiger partial charge < -0.3 is 25.4 Å². The number of rotatable bonds is 8. The number of allylic oxidation sites excluding steroid dienone is 1. The summed E-state index contributed by atoms with van der Waals surface area (Å²) in [5, 5.41) is 8.03. The Labute approximate surface area is 191 Å². The number of benzene rings is 2. The lowest BCUT2D eigenvalue weighted by molar-refractivity contribution is -0.118. The summed E-state index contributed by atoms with van der Waals surface area (Å²) in [6, 6.07) is 12.1. The number of carbonyl (C=O) groups excluding carboxylic acids is 4. The third-order valence-corrected chi connectivity index (χ3v) is 4.92. The van der Waals surface area contributed by atoms with Gasteiger partial charge in [-0.2, -0.15) is 0 Å². The Bertz CT molecular complexity index is 1110. The molecule has 2 aromatic rings. The maximum Gasteiger partial charge on any atom is 0.338 e. The summed E-state index contributed by atoms with van der Waals surface area (Å²) in [5.41, 5.74) is 2.32. The zero-order chi connectivity index (χ0) is 24.0. The van der Waals surface area contributed by atoms with Gasteiger partial charge in [0.1, 0.15) is 5.75 Å². The molecular weight excluding hydrogens is 426 g/mol. The number of nitrogens with one attached hydrogen (secondary N) is 3. The van der Waals surface area contributed by atoms with Crippen molar-refractivity contribution in [2.24, 2.45) is 0 Å². The number of para-hydroxylation sites is 1. The fraction of sp³-hybridized carbons (Fsp3) is 0.250. The third-order valence-electron chi connectivity index (χ3n) is 4.92. The lowest BCUT2D eigenvalue weighted by atomic mass is 9.92. The van der Waals surface area contributed by atoms with Crippen molar-refractivity contribution in [3.8, 4) is 5.75 Å². The van der Waals surface area contributed by atoms with Gasteiger partial charge in [-0.1, -0.05) is 18.2 Å². The Morgan fingerprint density at radius 3 is 2.42 bits per heavy atom. The zero-order valence-corrected chi connectivity index (χ0v) is 18.6. The Hall–Kier alpha value is -4.14. The number of hydrogen-bond donors (Lipinski definition) is 3. The molecule has 9 heteroatoms. The molecular formula is C24H25N3O6. The summed E-state index contributed by atoms with van der Waals surface area (Å²) < 4.78 is 10.7. The minimum absolute atomic E-state index is 0.191. The van der Waals surface area contributed by atoms with E-state index in [0.717, 1.165) is 0 Å². The first-order valence-corrected chi connectivity index (χ1v) is 10.4. The number of Topliss-reactive ketones (excluding diaryl/α,β-unsaturated/α-hetero) is 1. The van der Waals surface area contributed by atoms with Gasteiger partial charge in [-0.05, 0) is 51.1 Å². The van der Waals surface area contributed by atoms with Crippen LogP contribution in [0.15, 0.2) is 59.8 Å². The van der Waals surface area contributed by atoms with E-state index in [-0.39, 0.29) is 19.0 Å². The molecule has 172 valence electrons. The van der Waals surface area contributed by atoms with E-state index in [9.17, 15) is 19.2 Å². The molecule has 0 radical (unpaired) electrons. The molecule has 3 rings (SSSR count). The molecule has 1 heterocycles. The van der Waals surface area contributed by atoms with Crippen LogP contribution < -0.4 is 20.7 Å². The van der Waals surface area contributed by atoms with Gasteiger partial charge in [0, 0.05) is 22.5 Å². The van der Waals surface area contributed by atoms with Gasteiger partial charge in [0.2, 0.25) is 0 Å². The van der Waals surface area contributed by atoms with Crippen molar-refractivity contribution in [3.63, 3.8) is 0 Å². The minimum Gasteiger partial charge on any atom is -0.483 e. The minimum atomic E-state index is -0.703. The van der Waals surface area contributed by atoms with Crippen LogP contribution in [0.5, 0.6) is 5.75 Å². The van der Waals surface area contributed by atoms with Gasteiger partial charge in [0.15, 0.2) is 12.4 Å². The number of carbonyl (C=O) groups is 4. The van der Waals surface area contributed by atoms with E-state index in [1.54, 1.807) is 62.4 Å². The van der Waals surface area contributed by atoms with E-state index in [1.165, 1.54) is 6.92 Å². The van der Waals surface area contributed by atoms with E-state index < -0.39 is 23.9 Å². The molecule has 0 unspecified atom stereocenters. The molecule has 0 aliphatic carbocycles. The van der Waals surface area contributed by atoms with Crippen molar-refractivity contribution in [2.45, 2.75) is 26.8 Å². The molecule has 0 saturated carbocycles. The van der Waals surface area contributed by atoms with Gasteiger partial charge in [0.05, 0.1) is 18.2 Å². The summed E-state index contributed by atoms with van der Waals surface area (Å²) in [7, 11) is 0. The lowest BCUT2D eigenvalue weighted by Gasteiger charge is -2.29. The highest BCUT2D eigenvalue weighted by atomic mass is 16.5. The second kappa shape index (κ2) is 10.4.